The van der Waals surface area contributed by atoms with Gasteiger partial charge < -0.3 is 14.4 Å². The Labute approximate surface area is 200 Å². The number of fused-ring (bicyclic) bond motifs is 1. The van der Waals surface area contributed by atoms with E-state index in [-0.39, 0.29) is 5.91 Å². The molecule has 1 amide bonds. The van der Waals surface area contributed by atoms with Gasteiger partial charge in [-0.25, -0.2) is 4.68 Å². The maximum absolute atomic E-state index is 13.3. The summed E-state index contributed by atoms with van der Waals surface area (Å²) in [6, 6.07) is 15.9. The van der Waals surface area contributed by atoms with E-state index >= 15 is 0 Å². The lowest BCUT2D eigenvalue weighted by atomic mass is 9.98. The lowest BCUT2D eigenvalue weighted by Gasteiger charge is -2.32. The molecule has 0 saturated carbocycles. The number of aromatic nitrogens is 2. The SMILES string of the molecule is COCC1CCCN(Cc2ccc3c(c2)CN(C(=O)c2ccc(-n4cccn4)cc2)CCO3)C1. The van der Waals surface area contributed by atoms with Crippen molar-refractivity contribution in [3.05, 3.63) is 77.6 Å². The van der Waals surface area contributed by atoms with Crippen LogP contribution >= 0.6 is 0 Å². The molecule has 7 nitrogen and oxygen atoms in total. The number of hydrogen-bond acceptors (Lipinski definition) is 5. The Morgan fingerprint density at radius 2 is 2.06 bits per heavy atom. The van der Waals surface area contributed by atoms with Gasteiger partial charge in [-0.05, 0) is 73.3 Å². The summed E-state index contributed by atoms with van der Waals surface area (Å²) in [5.41, 5.74) is 3.94. The Morgan fingerprint density at radius 1 is 1.18 bits per heavy atom. The Kier molecular flexibility index (Phi) is 6.92. The van der Waals surface area contributed by atoms with Crippen molar-refractivity contribution in [2.45, 2.75) is 25.9 Å². The highest BCUT2D eigenvalue weighted by Crippen LogP contribution is 2.27. The zero-order chi connectivity index (χ0) is 23.3. The summed E-state index contributed by atoms with van der Waals surface area (Å²) in [4.78, 5) is 17.7. The van der Waals surface area contributed by atoms with Crippen LogP contribution in [0, 0.1) is 5.92 Å². The minimum atomic E-state index is 0.0207. The second kappa shape index (κ2) is 10.4. The molecule has 0 N–H and O–H groups in total. The maximum Gasteiger partial charge on any atom is 0.254 e. The number of rotatable bonds is 6. The predicted octanol–water partition coefficient (Wildman–Crippen LogP) is 3.77. The molecule has 1 aromatic heterocycles. The van der Waals surface area contributed by atoms with Gasteiger partial charge in [0.1, 0.15) is 12.4 Å². The molecule has 3 heterocycles. The van der Waals surface area contributed by atoms with Crippen LogP contribution in [0.2, 0.25) is 0 Å². The summed E-state index contributed by atoms with van der Waals surface area (Å²) in [7, 11) is 1.78. The van der Waals surface area contributed by atoms with Crippen molar-refractivity contribution in [3.63, 3.8) is 0 Å². The van der Waals surface area contributed by atoms with E-state index in [1.165, 1.54) is 18.4 Å². The van der Waals surface area contributed by atoms with E-state index in [0.717, 1.165) is 43.2 Å². The molecule has 1 unspecified atom stereocenters. The smallest absolute Gasteiger partial charge is 0.254 e. The van der Waals surface area contributed by atoms with Gasteiger partial charge in [-0.15, -0.1) is 0 Å². The number of carbonyl (C=O) groups excluding carboxylic acids is 1. The normalized spacial score (nSPS) is 18.7. The van der Waals surface area contributed by atoms with Crippen molar-refractivity contribution in [2.24, 2.45) is 5.92 Å². The van der Waals surface area contributed by atoms with Crippen LogP contribution in [0.25, 0.3) is 5.69 Å². The number of piperidine rings is 1. The summed E-state index contributed by atoms with van der Waals surface area (Å²) in [6.07, 6.45) is 6.08. The molecule has 0 aliphatic carbocycles. The number of hydrogen-bond donors (Lipinski definition) is 0. The number of ether oxygens (including phenoxy) is 2. The van der Waals surface area contributed by atoms with Crippen LogP contribution in [0.1, 0.15) is 34.3 Å². The number of nitrogens with zero attached hydrogens (tertiary/aromatic N) is 4. The van der Waals surface area contributed by atoms with Crippen LogP contribution in [0.3, 0.4) is 0 Å². The van der Waals surface area contributed by atoms with Crippen LogP contribution in [0.5, 0.6) is 5.75 Å². The van der Waals surface area contributed by atoms with Crippen molar-refractivity contribution in [1.29, 1.82) is 0 Å². The second-order valence-electron chi connectivity index (χ2n) is 9.21. The molecular formula is C27H32N4O3. The summed E-state index contributed by atoms with van der Waals surface area (Å²) in [6.45, 7) is 5.54. The molecule has 1 atom stereocenters. The van der Waals surface area contributed by atoms with E-state index in [0.29, 0.717) is 31.2 Å². The molecule has 5 rings (SSSR count). The van der Waals surface area contributed by atoms with Gasteiger partial charge in [0, 0.05) is 50.3 Å². The molecule has 1 saturated heterocycles. The lowest BCUT2D eigenvalue weighted by Crippen LogP contribution is -2.36. The number of amides is 1. The first-order chi connectivity index (χ1) is 16.7. The van der Waals surface area contributed by atoms with E-state index in [1.807, 2.05) is 41.4 Å². The molecule has 3 aromatic rings. The minimum absolute atomic E-state index is 0.0207. The average molecular weight is 461 g/mol. The molecule has 7 heteroatoms. The fraction of sp³-hybridized carbons (Fsp3) is 0.407. The molecule has 178 valence electrons. The van der Waals surface area contributed by atoms with Gasteiger partial charge in [-0.2, -0.15) is 5.10 Å². The van der Waals surface area contributed by atoms with Crippen molar-refractivity contribution >= 4 is 5.91 Å². The average Bonchev–Trinajstić information content (AvgIpc) is 3.31. The third kappa shape index (κ3) is 5.16. The van der Waals surface area contributed by atoms with E-state index in [2.05, 4.69) is 28.2 Å². The fourth-order valence-electron chi connectivity index (χ4n) is 5.01. The van der Waals surface area contributed by atoms with E-state index in [4.69, 9.17) is 9.47 Å². The highest BCUT2D eigenvalue weighted by molar-refractivity contribution is 5.94. The van der Waals surface area contributed by atoms with Crippen molar-refractivity contribution in [2.75, 3.05) is 40.0 Å². The number of likely N-dealkylation sites (tertiary alicyclic amines) is 1. The van der Waals surface area contributed by atoms with Crippen molar-refractivity contribution < 1.29 is 14.3 Å². The zero-order valence-electron chi connectivity index (χ0n) is 19.7. The fourth-order valence-corrected chi connectivity index (χ4v) is 5.01. The van der Waals surface area contributed by atoms with Gasteiger partial charge in [0.25, 0.3) is 5.91 Å². The molecular weight excluding hydrogens is 428 g/mol. The first-order valence-electron chi connectivity index (χ1n) is 12.0. The Hall–Kier alpha value is -3.16. The van der Waals surface area contributed by atoms with Crippen LogP contribution in [-0.2, 0) is 17.8 Å². The predicted molar refractivity (Wildman–Crippen MR) is 130 cm³/mol. The Bertz CT molecular complexity index is 1100. The van der Waals surface area contributed by atoms with Gasteiger partial charge in [-0.3, -0.25) is 9.69 Å². The highest BCUT2D eigenvalue weighted by atomic mass is 16.5. The van der Waals surface area contributed by atoms with Gasteiger partial charge >= 0.3 is 0 Å². The first-order valence-corrected chi connectivity index (χ1v) is 12.0. The van der Waals surface area contributed by atoms with Crippen LogP contribution in [-0.4, -0.2) is 65.4 Å². The Balaban J connectivity index is 1.27. The summed E-state index contributed by atoms with van der Waals surface area (Å²) < 4.78 is 13.2. The number of methoxy groups -OCH3 is 1. The van der Waals surface area contributed by atoms with Crippen LogP contribution in [0.4, 0.5) is 0 Å². The largest absolute Gasteiger partial charge is 0.491 e. The molecule has 0 bridgehead atoms. The van der Waals surface area contributed by atoms with Gasteiger partial charge in [0.15, 0.2) is 0 Å². The zero-order valence-corrected chi connectivity index (χ0v) is 19.7. The van der Waals surface area contributed by atoms with E-state index < -0.39 is 0 Å². The van der Waals surface area contributed by atoms with E-state index in [1.54, 1.807) is 18.0 Å². The van der Waals surface area contributed by atoms with E-state index in [9.17, 15) is 4.79 Å². The quantitative estimate of drug-likeness (QED) is 0.561. The lowest BCUT2D eigenvalue weighted by molar-refractivity contribution is 0.0733. The summed E-state index contributed by atoms with van der Waals surface area (Å²) in [5, 5.41) is 4.25. The standard InChI is InChI=1S/C27H32N4O3/c1-33-20-22-4-2-12-29(18-22)17-21-5-10-26-24(16-21)19-30(14-15-34-26)27(32)23-6-8-25(9-7-23)31-13-3-11-28-31/h3,5-11,13,16,22H,2,4,12,14-15,17-20H2,1H3. The molecule has 0 spiro atoms. The topological polar surface area (TPSA) is 59.8 Å². The molecule has 34 heavy (non-hydrogen) atoms. The van der Waals surface area contributed by atoms with Crippen molar-refractivity contribution in [3.8, 4) is 11.4 Å². The van der Waals surface area contributed by atoms with Crippen LogP contribution in [0.15, 0.2) is 60.9 Å². The van der Waals surface area contributed by atoms with Gasteiger partial charge in [0.05, 0.1) is 18.8 Å². The Morgan fingerprint density at radius 3 is 2.85 bits per heavy atom. The molecule has 1 fully saturated rings. The molecule has 2 aliphatic heterocycles. The minimum Gasteiger partial charge on any atom is -0.491 e. The third-order valence-electron chi connectivity index (χ3n) is 6.69. The molecule has 2 aromatic carbocycles. The number of benzene rings is 2. The number of carbonyl (C=O) groups is 1. The first kappa shape index (κ1) is 22.6. The van der Waals surface area contributed by atoms with Crippen LogP contribution < -0.4 is 4.74 Å². The van der Waals surface area contributed by atoms with Crippen molar-refractivity contribution in [1.82, 2.24) is 19.6 Å². The summed E-state index contributed by atoms with van der Waals surface area (Å²) >= 11 is 0. The third-order valence-corrected chi connectivity index (χ3v) is 6.69. The second-order valence-corrected chi connectivity index (χ2v) is 9.21. The molecule has 0 radical (unpaired) electrons. The molecule has 2 aliphatic rings. The van der Waals surface area contributed by atoms with Gasteiger partial charge in [0.2, 0.25) is 0 Å². The summed E-state index contributed by atoms with van der Waals surface area (Å²) in [5.74, 6) is 1.51. The highest BCUT2D eigenvalue weighted by Gasteiger charge is 2.23. The monoisotopic (exact) mass is 460 g/mol. The van der Waals surface area contributed by atoms with Gasteiger partial charge in [-0.1, -0.05) is 6.07 Å². The maximum atomic E-state index is 13.3.